The Hall–Kier alpha value is -0.990. The zero-order chi connectivity index (χ0) is 6.10. The van der Waals surface area contributed by atoms with Crippen LogP contribution in [0.15, 0.2) is 17.3 Å². The summed E-state index contributed by atoms with van der Waals surface area (Å²) < 4.78 is 0. The van der Waals surface area contributed by atoms with Crippen LogP contribution in [-0.2, 0) is 0 Å². The molecule has 0 amide bonds. The Morgan fingerprint density at radius 3 is 3.56 bits per heavy atom. The highest BCUT2D eigenvalue weighted by atomic mass is 15.5. The van der Waals surface area contributed by atoms with E-state index < -0.39 is 0 Å². The van der Waals surface area contributed by atoms with Gasteiger partial charge in [0.05, 0.1) is 0 Å². The van der Waals surface area contributed by atoms with Gasteiger partial charge in [-0.15, -0.1) is 0 Å². The van der Waals surface area contributed by atoms with Crippen molar-refractivity contribution in [1.29, 1.82) is 0 Å². The first-order valence-electron chi connectivity index (χ1n) is 3.19. The van der Waals surface area contributed by atoms with Gasteiger partial charge < -0.3 is 4.90 Å². The lowest BCUT2D eigenvalue weighted by atomic mass is 10.2. The molecule has 0 spiro atoms. The molecule has 3 heteroatoms. The predicted octanol–water partition coefficient (Wildman–Crippen LogP) is 0.123. The molecule has 0 atom stereocenters. The van der Waals surface area contributed by atoms with E-state index in [0.717, 1.165) is 25.5 Å². The number of rotatable bonds is 0. The average Bonchev–Trinajstić information content (AvgIpc) is 2.33. The predicted molar refractivity (Wildman–Crippen MR) is 35.9 cm³/mol. The third-order valence-corrected chi connectivity index (χ3v) is 1.61. The molecule has 0 unspecified atom stereocenters. The summed E-state index contributed by atoms with van der Waals surface area (Å²) in [6.45, 7) is 2.00. The SMILES string of the molecule is C1=CC2=NNCN2CC1. The van der Waals surface area contributed by atoms with Gasteiger partial charge in [-0.2, -0.15) is 5.10 Å². The highest BCUT2D eigenvalue weighted by Gasteiger charge is 2.14. The molecule has 0 aliphatic carbocycles. The average molecular weight is 123 g/mol. The maximum Gasteiger partial charge on any atom is 0.149 e. The molecule has 0 bridgehead atoms. The molecule has 48 valence electrons. The van der Waals surface area contributed by atoms with E-state index in [4.69, 9.17) is 0 Å². The zero-order valence-electron chi connectivity index (χ0n) is 5.17. The number of nitrogens with one attached hydrogen (secondary N) is 1. The van der Waals surface area contributed by atoms with E-state index >= 15 is 0 Å². The lowest BCUT2D eigenvalue weighted by molar-refractivity contribution is 0.428. The van der Waals surface area contributed by atoms with Crippen LogP contribution in [0.3, 0.4) is 0 Å². The lowest BCUT2D eigenvalue weighted by Gasteiger charge is -2.18. The van der Waals surface area contributed by atoms with Crippen LogP contribution in [0.1, 0.15) is 6.42 Å². The fourth-order valence-corrected chi connectivity index (χ4v) is 1.11. The van der Waals surface area contributed by atoms with E-state index in [1.165, 1.54) is 0 Å². The number of fused-ring (bicyclic) bond motifs is 1. The number of hydrogen-bond donors (Lipinski definition) is 1. The molecule has 1 N–H and O–H groups in total. The summed E-state index contributed by atoms with van der Waals surface area (Å²) >= 11 is 0. The molecule has 3 nitrogen and oxygen atoms in total. The van der Waals surface area contributed by atoms with Crippen molar-refractivity contribution in [3.63, 3.8) is 0 Å². The molecular formula is C6H9N3. The molecule has 0 aromatic rings. The topological polar surface area (TPSA) is 27.6 Å². The van der Waals surface area contributed by atoms with Crippen molar-refractivity contribution in [2.75, 3.05) is 13.2 Å². The third kappa shape index (κ3) is 0.686. The van der Waals surface area contributed by atoms with Crippen LogP contribution in [0.5, 0.6) is 0 Å². The second-order valence-corrected chi connectivity index (χ2v) is 2.24. The van der Waals surface area contributed by atoms with Gasteiger partial charge in [-0.25, -0.2) is 0 Å². The van der Waals surface area contributed by atoms with Gasteiger partial charge in [0.1, 0.15) is 12.5 Å². The summed E-state index contributed by atoms with van der Waals surface area (Å²) in [7, 11) is 0. The fourth-order valence-electron chi connectivity index (χ4n) is 1.11. The third-order valence-electron chi connectivity index (χ3n) is 1.61. The monoisotopic (exact) mass is 123 g/mol. The molecule has 9 heavy (non-hydrogen) atoms. The fraction of sp³-hybridized carbons (Fsp3) is 0.500. The van der Waals surface area contributed by atoms with Crippen LogP contribution >= 0.6 is 0 Å². The Bertz CT molecular complexity index is 171. The molecule has 0 aromatic carbocycles. The van der Waals surface area contributed by atoms with Crippen molar-refractivity contribution >= 4 is 5.84 Å². The van der Waals surface area contributed by atoms with Crippen molar-refractivity contribution in [3.05, 3.63) is 12.2 Å². The van der Waals surface area contributed by atoms with Crippen molar-refractivity contribution in [2.45, 2.75) is 6.42 Å². The van der Waals surface area contributed by atoms with Crippen molar-refractivity contribution < 1.29 is 0 Å². The highest BCUT2D eigenvalue weighted by Crippen LogP contribution is 2.05. The standard InChI is InChI=1S/C6H9N3/c1-2-4-9-5-7-8-6(9)3-1/h1,3,7H,2,4-5H2. The molecule has 2 heterocycles. The molecular weight excluding hydrogens is 114 g/mol. The van der Waals surface area contributed by atoms with E-state index in [2.05, 4.69) is 27.6 Å². The first-order valence-corrected chi connectivity index (χ1v) is 3.19. The van der Waals surface area contributed by atoms with Gasteiger partial charge in [-0.3, -0.25) is 5.43 Å². The maximum absolute atomic E-state index is 4.06. The smallest absolute Gasteiger partial charge is 0.149 e. The molecule has 0 radical (unpaired) electrons. The summed E-state index contributed by atoms with van der Waals surface area (Å²) in [5, 5.41) is 4.06. The molecule has 2 rings (SSSR count). The summed E-state index contributed by atoms with van der Waals surface area (Å²) in [6, 6.07) is 0. The molecule has 2 aliphatic rings. The minimum Gasteiger partial charge on any atom is -0.336 e. The second-order valence-electron chi connectivity index (χ2n) is 2.24. The summed E-state index contributed by atoms with van der Waals surface area (Å²) in [5.74, 6) is 1.08. The Labute approximate surface area is 54.0 Å². The zero-order valence-corrected chi connectivity index (χ0v) is 5.17. The van der Waals surface area contributed by atoms with E-state index in [1.54, 1.807) is 0 Å². The van der Waals surface area contributed by atoms with Gasteiger partial charge in [-0.05, 0) is 12.5 Å². The van der Waals surface area contributed by atoms with Gasteiger partial charge in [0, 0.05) is 6.54 Å². The van der Waals surface area contributed by atoms with Gasteiger partial charge in [0.15, 0.2) is 0 Å². The van der Waals surface area contributed by atoms with E-state index in [1.807, 2.05) is 0 Å². The van der Waals surface area contributed by atoms with Crippen LogP contribution in [-0.4, -0.2) is 23.9 Å². The quantitative estimate of drug-likeness (QED) is 0.495. The molecule has 0 aromatic heterocycles. The van der Waals surface area contributed by atoms with Crippen LogP contribution in [0.4, 0.5) is 0 Å². The Morgan fingerprint density at radius 1 is 1.67 bits per heavy atom. The van der Waals surface area contributed by atoms with Crippen molar-refractivity contribution in [1.82, 2.24) is 10.3 Å². The first kappa shape index (κ1) is 4.85. The number of hydrazone groups is 1. The van der Waals surface area contributed by atoms with Gasteiger partial charge in [-0.1, -0.05) is 6.08 Å². The summed E-state index contributed by atoms with van der Waals surface area (Å²) in [5.41, 5.74) is 2.93. The van der Waals surface area contributed by atoms with Crippen LogP contribution in [0, 0.1) is 0 Å². The Morgan fingerprint density at radius 2 is 2.67 bits per heavy atom. The number of hydrogen-bond acceptors (Lipinski definition) is 3. The Balaban J connectivity index is 2.24. The minimum absolute atomic E-state index is 0.889. The molecule has 0 fully saturated rings. The van der Waals surface area contributed by atoms with E-state index in [-0.39, 0.29) is 0 Å². The van der Waals surface area contributed by atoms with Crippen molar-refractivity contribution in [2.24, 2.45) is 5.10 Å². The molecule has 0 saturated heterocycles. The second kappa shape index (κ2) is 1.76. The van der Waals surface area contributed by atoms with E-state index in [9.17, 15) is 0 Å². The summed E-state index contributed by atoms with van der Waals surface area (Å²) in [6.07, 6.45) is 5.37. The van der Waals surface area contributed by atoms with Crippen LogP contribution in [0.2, 0.25) is 0 Å². The first-order chi connectivity index (χ1) is 4.47. The molecule has 0 saturated carbocycles. The highest BCUT2D eigenvalue weighted by molar-refractivity contribution is 5.94. The van der Waals surface area contributed by atoms with Crippen LogP contribution in [0.25, 0.3) is 0 Å². The van der Waals surface area contributed by atoms with Gasteiger partial charge in [0.25, 0.3) is 0 Å². The number of nitrogens with zero attached hydrogens (tertiary/aromatic N) is 2. The largest absolute Gasteiger partial charge is 0.336 e. The Kier molecular flexibility index (Phi) is 0.946. The van der Waals surface area contributed by atoms with Crippen LogP contribution < -0.4 is 5.43 Å². The molecule has 2 aliphatic heterocycles. The van der Waals surface area contributed by atoms with Gasteiger partial charge in [0.2, 0.25) is 0 Å². The number of amidine groups is 1. The van der Waals surface area contributed by atoms with E-state index in [0.29, 0.717) is 0 Å². The maximum atomic E-state index is 4.06. The summed E-state index contributed by atoms with van der Waals surface area (Å²) in [4.78, 5) is 2.22. The lowest BCUT2D eigenvalue weighted by Crippen LogP contribution is -2.31. The van der Waals surface area contributed by atoms with Gasteiger partial charge >= 0.3 is 0 Å². The minimum atomic E-state index is 0.889. The normalized spacial score (nSPS) is 23.1. The van der Waals surface area contributed by atoms with Crippen molar-refractivity contribution in [3.8, 4) is 0 Å².